The Morgan fingerprint density at radius 1 is 1.07 bits per heavy atom. The Morgan fingerprint density at radius 3 is 2.62 bits per heavy atom. The normalized spacial score (nSPS) is 15.7. The number of amides is 2. The number of anilines is 1. The van der Waals surface area contributed by atoms with Crippen LogP contribution in [-0.4, -0.2) is 24.0 Å². The third kappa shape index (κ3) is 3.54. The molecule has 29 heavy (non-hydrogen) atoms. The van der Waals surface area contributed by atoms with Crippen molar-refractivity contribution in [3.63, 3.8) is 0 Å². The molecule has 3 aromatic carbocycles. The summed E-state index contributed by atoms with van der Waals surface area (Å²) in [5, 5.41) is 4.50. The Balaban J connectivity index is 1.87. The van der Waals surface area contributed by atoms with Gasteiger partial charge in [0.05, 0.1) is 12.8 Å². The van der Waals surface area contributed by atoms with Gasteiger partial charge in [0.15, 0.2) is 5.11 Å². The molecule has 0 atom stereocenters. The number of hydrogen-bond donors (Lipinski definition) is 1. The van der Waals surface area contributed by atoms with Crippen molar-refractivity contribution in [2.75, 3.05) is 12.0 Å². The lowest BCUT2D eigenvalue weighted by Crippen LogP contribution is -2.54. The largest absolute Gasteiger partial charge is 0.496 e. The quantitative estimate of drug-likeness (QED) is 0.352. The summed E-state index contributed by atoms with van der Waals surface area (Å²) in [7, 11) is 1.55. The predicted molar refractivity (Wildman–Crippen MR) is 121 cm³/mol. The van der Waals surface area contributed by atoms with E-state index in [1.807, 2.05) is 42.5 Å². The van der Waals surface area contributed by atoms with E-state index in [0.717, 1.165) is 15.2 Å². The van der Waals surface area contributed by atoms with Crippen molar-refractivity contribution in [1.29, 1.82) is 0 Å². The molecule has 5 nitrogen and oxygen atoms in total. The average molecular weight is 467 g/mol. The van der Waals surface area contributed by atoms with Crippen molar-refractivity contribution in [2.45, 2.75) is 0 Å². The number of halogens is 1. The van der Waals surface area contributed by atoms with E-state index in [-0.39, 0.29) is 10.7 Å². The summed E-state index contributed by atoms with van der Waals surface area (Å²) in [6.07, 6.45) is 1.56. The second kappa shape index (κ2) is 7.77. The van der Waals surface area contributed by atoms with E-state index in [1.54, 1.807) is 31.4 Å². The predicted octanol–water partition coefficient (Wildman–Crippen LogP) is 4.44. The Hall–Kier alpha value is -3.03. The first-order valence-electron chi connectivity index (χ1n) is 8.72. The molecular formula is C22H15BrN2O3S. The number of methoxy groups -OCH3 is 1. The highest BCUT2D eigenvalue weighted by molar-refractivity contribution is 9.10. The minimum Gasteiger partial charge on any atom is -0.496 e. The van der Waals surface area contributed by atoms with Crippen molar-refractivity contribution >= 4 is 67.6 Å². The summed E-state index contributed by atoms with van der Waals surface area (Å²) >= 11 is 8.65. The first-order chi connectivity index (χ1) is 14.0. The smallest absolute Gasteiger partial charge is 0.270 e. The molecule has 1 heterocycles. The fraction of sp³-hybridized carbons (Fsp3) is 0.0455. The van der Waals surface area contributed by atoms with Crippen LogP contribution < -0.4 is 15.0 Å². The molecule has 1 fully saturated rings. The van der Waals surface area contributed by atoms with Gasteiger partial charge in [-0.1, -0.05) is 52.3 Å². The summed E-state index contributed by atoms with van der Waals surface area (Å²) in [6.45, 7) is 0. The molecule has 0 aromatic heterocycles. The SMILES string of the molecule is COc1ccc2ccccc2c1/C=C1/C(=O)NC(=S)N(c2cccc(Br)c2)C1=O. The van der Waals surface area contributed by atoms with Crippen LogP contribution in [0.25, 0.3) is 16.8 Å². The van der Waals surface area contributed by atoms with Gasteiger partial charge in [-0.2, -0.15) is 0 Å². The van der Waals surface area contributed by atoms with Crippen molar-refractivity contribution in [3.05, 3.63) is 76.3 Å². The Labute approximate surface area is 181 Å². The van der Waals surface area contributed by atoms with Crippen LogP contribution in [0.1, 0.15) is 5.56 Å². The maximum Gasteiger partial charge on any atom is 0.270 e. The Kier molecular flexibility index (Phi) is 5.17. The highest BCUT2D eigenvalue weighted by atomic mass is 79.9. The third-order valence-corrected chi connectivity index (χ3v) is 5.39. The zero-order valence-corrected chi connectivity index (χ0v) is 17.7. The minimum absolute atomic E-state index is 0.0202. The van der Waals surface area contributed by atoms with Crippen LogP contribution in [0.3, 0.4) is 0 Å². The number of nitrogens with zero attached hydrogens (tertiary/aromatic N) is 1. The van der Waals surface area contributed by atoms with Crippen LogP contribution >= 0.6 is 28.1 Å². The van der Waals surface area contributed by atoms with Gasteiger partial charge in [-0.3, -0.25) is 19.8 Å². The van der Waals surface area contributed by atoms with Crippen LogP contribution in [0, 0.1) is 0 Å². The van der Waals surface area contributed by atoms with Crippen molar-refractivity contribution < 1.29 is 14.3 Å². The van der Waals surface area contributed by atoms with Gasteiger partial charge >= 0.3 is 0 Å². The minimum atomic E-state index is -0.541. The molecule has 0 bridgehead atoms. The number of rotatable bonds is 3. The molecular weight excluding hydrogens is 452 g/mol. The lowest BCUT2D eigenvalue weighted by Gasteiger charge is -2.29. The van der Waals surface area contributed by atoms with Crippen LogP contribution in [0.5, 0.6) is 5.75 Å². The molecule has 1 aliphatic rings. The van der Waals surface area contributed by atoms with E-state index < -0.39 is 11.8 Å². The molecule has 0 aliphatic carbocycles. The maximum atomic E-state index is 13.3. The average Bonchev–Trinajstić information content (AvgIpc) is 2.71. The van der Waals surface area contributed by atoms with Gasteiger partial charge in [-0.05, 0) is 53.3 Å². The number of hydrogen-bond acceptors (Lipinski definition) is 4. The van der Waals surface area contributed by atoms with E-state index >= 15 is 0 Å². The molecule has 0 saturated carbocycles. The maximum absolute atomic E-state index is 13.3. The number of nitrogens with one attached hydrogen (secondary N) is 1. The fourth-order valence-corrected chi connectivity index (χ4v) is 3.92. The van der Waals surface area contributed by atoms with Gasteiger partial charge in [0, 0.05) is 10.0 Å². The summed E-state index contributed by atoms with van der Waals surface area (Å²) in [4.78, 5) is 27.2. The number of fused-ring (bicyclic) bond motifs is 1. The zero-order chi connectivity index (χ0) is 20.5. The van der Waals surface area contributed by atoms with Crippen LogP contribution in [0.4, 0.5) is 5.69 Å². The number of carbonyl (C=O) groups is 2. The molecule has 1 aliphatic heterocycles. The van der Waals surface area contributed by atoms with Crippen LogP contribution in [-0.2, 0) is 9.59 Å². The zero-order valence-electron chi connectivity index (χ0n) is 15.3. The van der Waals surface area contributed by atoms with Crippen molar-refractivity contribution in [3.8, 4) is 5.75 Å². The Bertz CT molecular complexity index is 1210. The Morgan fingerprint density at radius 2 is 1.86 bits per heavy atom. The number of thiocarbonyl (C=S) groups is 1. The van der Waals surface area contributed by atoms with E-state index in [0.29, 0.717) is 17.0 Å². The lowest BCUT2D eigenvalue weighted by atomic mass is 9.99. The second-order valence-corrected chi connectivity index (χ2v) is 7.64. The van der Waals surface area contributed by atoms with Crippen LogP contribution in [0.15, 0.2) is 70.7 Å². The second-order valence-electron chi connectivity index (χ2n) is 6.34. The summed E-state index contributed by atoms with van der Waals surface area (Å²) in [5.74, 6) is -0.466. The summed E-state index contributed by atoms with van der Waals surface area (Å²) in [5.41, 5.74) is 1.20. The van der Waals surface area contributed by atoms with Crippen molar-refractivity contribution in [2.24, 2.45) is 0 Å². The van der Waals surface area contributed by atoms with E-state index in [2.05, 4.69) is 21.2 Å². The summed E-state index contributed by atoms with van der Waals surface area (Å²) in [6, 6.07) is 18.6. The third-order valence-electron chi connectivity index (χ3n) is 4.61. The standard InChI is InChI=1S/C22H15BrN2O3S/c1-28-19-10-9-13-5-2-3-8-16(13)17(19)12-18-20(26)24-22(29)25(21(18)27)15-7-4-6-14(23)11-15/h2-12H,1H3,(H,24,26,29)/b18-12-. The van der Waals surface area contributed by atoms with Gasteiger partial charge in [0.2, 0.25) is 0 Å². The first kappa shape index (κ1) is 19.3. The molecule has 1 saturated heterocycles. The number of carbonyl (C=O) groups excluding carboxylic acids is 2. The van der Waals surface area contributed by atoms with E-state index in [1.165, 1.54) is 4.90 Å². The molecule has 1 N–H and O–H groups in total. The molecule has 4 rings (SSSR count). The molecule has 144 valence electrons. The molecule has 2 amide bonds. The number of ether oxygens (including phenoxy) is 1. The van der Waals surface area contributed by atoms with Gasteiger partial charge in [0.25, 0.3) is 11.8 Å². The highest BCUT2D eigenvalue weighted by Crippen LogP contribution is 2.32. The topological polar surface area (TPSA) is 58.6 Å². The highest BCUT2D eigenvalue weighted by Gasteiger charge is 2.34. The fourth-order valence-electron chi connectivity index (χ4n) is 3.25. The monoisotopic (exact) mass is 466 g/mol. The molecule has 0 radical (unpaired) electrons. The van der Waals surface area contributed by atoms with E-state index in [9.17, 15) is 9.59 Å². The van der Waals surface area contributed by atoms with Gasteiger partial charge in [-0.15, -0.1) is 0 Å². The van der Waals surface area contributed by atoms with Crippen LogP contribution in [0.2, 0.25) is 0 Å². The van der Waals surface area contributed by atoms with Gasteiger partial charge in [-0.25, -0.2) is 0 Å². The molecule has 0 spiro atoms. The lowest BCUT2D eigenvalue weighted by molar-refractivity contribution is -0.122. The molecule has 0 unspecified atom stereocenters. The van der Waals surface area contributed by atoms with E-state index in [4.69, 9.17) is 17.0 Å². The molecule has 3 aromatic rings. The van der Waals surface area contributed by atoms with Crippen molar-refractivity contribution in [1.82, 2.24) is 5.32 Å². The first-order valence-corrected chi connectivity index (χ1v) is 9.92. The van der Waals surface area contributed by atoms with Gasteiger partial charge in [0.1, 0.15) is 11.3 Å². The number of benzene rings is 3. The molecule has 7 heteroatoms. The summed E-state index contributed by atoms with van der Waals surface area (Å²) < 4.78 is 6.28. The van der Waals surface area contributed by atoms with Gasteiger partial charge < -0.3 is 4.74 Å².